The lowest BCUT2D eigenvalue weighted by Gasteiger charge is -2.23. The van der Waals surface area contributed by atoms with Gasteiger partial charge in [-0.2, -0.15) is 0 Å². The molecule has 128 valence electrons. The van der Waals surface area contributed by atoms with E-state index in [4.69, 9.17) is 9.47 Å². The third-order valence-electron chi connectivity index (χ3n) is 3.87. The van der Waals surface area contributed by atoms with Crippen LogP contribution in [0.25, 0.3) is 0 Å². The number of nitrogens with zero attached hydrogens (tertiary/aromatic N) is 2. The average molecular weight is 328 g/mol. The highest BCUT2D eigenvalue weighted by Crippen LogP contribution is 2.23. The van der Waals surface area contributed by atoms with E-state index < -0.39 is 0 Å². The lowest BCUT2D eigenvalue weighted by atomic mass is 10.1. The van der Waals surface area contributed by atoms with Crippen molar-refractivity contribution in [2.75, 3.05) is 34.9 Å². The zero-order chi connectivity index (χ0) is 17.5. The first-order valence-electron chi connectivity index (χ1n) is 7.72. The fraction of sp³-hybridized carbons (Fsp3) is 0.316. The zero-order valence-corrected chi connectivity index (χ0v) is 14.6. The van der Waals surface area contributed by atoms with E-state index in [1.54, 1.807) is 38.6 Å². The van der Waals surface area contributed by atoms with Crippen LogP contribution in [0.3, 0.4) is 0 Å². The molecule has 2 aromatic carbocycles. The van der Waals surface area contributed by atoms with Gasteiger partial charge in [-0.25, -0.2) is 0 Å². The van der Waals surface area contributed by atoms with Gasteiger partial charge in [0.25, 0.3) is 0 Å². The highest BCUT2D eigenvalue weighted by Gasteiger charge is 2.13. The van der Waals surface area contributed by atoms with Crippen molar-refractivity contribution < 1.29 is 14.6 Å². The molecule has 0 aliphatic heterocycles. The summed E-state index contributed by atoms with van der Waals surface area (Å²) in [4.78, 5) is 6.62. The zero-order valence-electron chi connectivity index (χ0n) is 14.6. The molecule has 24 heavy (non-hydrogen) atoms. The summed E-state index contributed by atoms with van der Waals surface area (Å²) in [5.74, 6) is 1.71. The van der Waals surface area contributed by atoms with Gasteiger partial charge in [0.1, 0.15) is 17.2 Å². The first kappa shape index (κ1) is 17.8. The molecule has 5 heteroatoms. The van der Waals surface area contributed by atoms with E-state index in [0.717, 1.165) is 11.3 Å². The summed E-state index contributed by atoms with van der Waals surface area (Å²) in [7, 11) is 7.29. The molecule has 2 aromatic rings. The molecule has 5 nitrogen and oxygen atoms in total. The van der Waals surface area contributed by atoms with Crippen LogP contribution in [0, 0.1) is 0 Å². The summed E-state index contributed by atoms with van der Waals surface area (Å²) in [5.41, 5.74) is 1.80. The molecule has 0 fully saturated rings. The van der Waals surface area contributed by atoms with Gasteiger partial charge in [-0.05, 0) is 50.0 Å². The van der Waals surface area contributed by atoms with Crippen LogP contribution in [-0.4, -0.2) is 51.1 Å². The van der Waals surface area contributed by atoms with Crippen molar-refractivity contribution in [3.63, 3.8) is 0 Å². The number of phenolic OH excluding ortho intramolecular Hbond substituents is 1. The van der Waals surface area contributed by atoms with E-state index >= 15 is 0 Å². The predicted octanol–water partition coefficient (Wildman–Crippen LogP) is 3.13. The highest BCUT2D eigenvalue weighted by atomic mass is 16.5. The van der Waals surface area contributed by atoms with Gasteiger partial charge in [0.15, 0.2) is 0 Å². The normalized spacial score (nSPS) is 12.5. The Kier molecular flexibility index (Phi) is 6.21. The van der Waals surface area contributed by atoms with Crippen LogP contribution < -0.4 is 9.47 Å². The number of rotatable bonds is 7. The van der Waals surface area contributed by atoms with Crippen molar-refractivity contribution in [3.8, 4) is 17.2 Å². The molecule has 0 aliphatic carbocycles. The quantitative estimate of drug-likeness (QED) is 0.794. The number of ether oxygens (including phenoxy) is 2. The van der Waals surface area contributed by atoms with Crippen LogP contribution in [0.15, 0.2) is 47.5 Å². The minimum Gasteiger partial charge on any atom is -0.507 e. The maximum Gasteiger partial charge on any atom is 0.124 e. The van der Waals surface area contributed by atoms with Gasteiger partial charge in [0.2, 0.25) is 0 Å². The van der Waals surface area contributed by atoms with Crippen molar-refractivity contribution in [1.82, 2.24) is 4.90 Å². The van der Waals surface area contributed by atoms with E-state index in [1.807, 2.05) is 38.4 Å². The number of likely N-dealkylation sites (N-methyl/N-ethyl adjacent to an activating group) is 1. The molecule has 0 unspecified atom stereocenters. The number of aliphatic imine (C=N–C) groups is 1. The number of hydrogen-bond acceptors (Lipinski definition) is 5. The van der Waals surface area contributed by atoms with E-state index in [2.05, 4.69) is 9.89 Å². The lowest BCUT2D eigenvalue weighted by molar-refractivity contribution is 0.306. The molecule has 1 N–H and O–H groups in total. The molecule has 2 rings (SSSR count). The maximum absolute atomic E-state index is 9.91. The highest BCUT2D eigenvalue weighted by molar-refractivity contribution is 5.84. The summed E-state index contributed by atoms with van der Waals surface area (Å²) < 4.78 is 10.4. The summed E-state index contributed by atoms with van der Waals surface area (Å²) >= 11 is 0. The predicted molar refractivity (Wildman–Crippen MR) is 96.5 cm³/mol. The Balaban J connectivity index is 2.13. The number of hydrogen-bond donors (Lipinski definition) is 1. The Morgan fingerprint density at radius 1 is 1.04 bits per heavy atom. The Morgan fingerprint density at radius 2 is 1.67 bits per heavy atom. The minimum atomic E-state index is 0.139. The van der Waals surface area contributed by atoms with Gasteiger partial charge in [0, 0.05) is 11.8 Å². The second-order valence-corrected chi connectivity index (χ2v) is 5.67. The van der Waals surface area contributed by atoms with Crippen LogP contribution in [-0.2, 0) is 0 Å². The van der Waals surface area contributed by atoms with E-state index in [0.29, 0.717) is 17.9 Å². The smallest absolute Gasteiger partial charge is 0.124 e. The van der Waals surface area contributed by atoms with Gasteiger partial charge in [-0.1, -0.05) is 12.1 Å². The molecule has 0 heterocycles. The number of aromatic hydroxyl groups is 1. The fourth-order valence-corrected chi connectivity index (χ4v) is 2.41. The Hall–Kier alpha value is -2.53. The second kappa shape index (κ2) is 8.36. The van der Waals surface area contributed by atoms with Crippen molar-refractivity contribution in [1.29, 1.82) is 0 Å². The Labute approximate surface area is 143 Å². The molecule has 0 saturated carbocycles. The summed E-state index contributed by atoms with van der Waals surface area (Å²) in [6, 6.07) is 13.2. The Morgan fingerprint density at radius 3 is 2.25 bits per heavy atom. The van der Waals surface area contributed by atoms with Gasteiger partial charge in [-0.15, -0.1) is 0 Å². The number of methoxy groups -OCH3 is 2. The van der Waals surface area contributed by atoms with Crippen molar-refractivity contribution in [3.05, 3.63) is 53.6 Å². The van der Waals surface area contributed by atoms with Crippen LogP contribution in [0.5, 0.6) is 17.2 Å². The number of phenols is 1. The largest absolute Gasteiger partial charge is 0.507 e. The third-order valence-corrected chi connectivity index (χ3v) is 3.87. The first-order valence-corrected chi connectivity index (χ1v) is 7.72. The molecule has 0 saturated heterocycles. The van der Waals surface area contributed by atoms with Gasteiger partial charge in [0.05, 0.1) is 26.8 Å². The van der Waals surface area contributed by atoms with Gasteiger partial charge in [-0.3, -0.25) is 4.99 Å². The van der Waals surface area contributed by atoms with E-state index in [1.165, 1.54) is 0 Å². The minimum absolute atomic E-state index is 0.139. The van der Waals surface area contributed by atoms with Gasteiger partial charge >= 0.3 is 0 Å². The second-order valence-electron chi connectivity index (χ2n) is 5.67. The summed E-state index contributed by atoms with van der Waals surface area (Å²) in [6.45, 7) is 0.579. The molecule has 0 aromatic heterocycles. The van der Waals surface area contributed by atoms with Crippen LogP contribution in [0.1, 0.15) is 17.2 Å². The molecular formula is C19H24N2O3. The third kappa shape index (κ3) is 4.49. The number of benzene rings is 2. The van der Waals surface area contributed by atoms with Gasteiger partial charge < -0.3 is 19.5 Å². The van der Waals surface area contributed by atoms with E-state index in [9.17, 15) is 5.11 Å². The summed E-state index contributed by atoms with van der Waals surface area (Å²) in [5, 5.41) is 9.91. The molecule has 0 spiro atoms. The van der Waals surface area contributed by atoms with Crippen LogP contribution in [0.4, 0.5) is 0 Å². The average Bonchev–Trinajstić information content (AvgIpc) is 2.60. The molecular weight excluding hydrogens is 304 g/mol. The maximum atomic E-state index is 9.91. The van der Waals surface area contributed by atoms with Crippen molar-refractivity contribution >= 4 is 6.21 Å². The lowest BCUT2D eigenvalue weighted by Crippen LogP contribution is -2.22. The van der Waals surface area contributed by atoms with E-state index in [-0.39, 0.29) is 11.8 Å². The molecule has 0 bridgehead atoms. The standard InChI is InChI=1S/C19H24N2O3/c1-21(2)18(14-5-7-16(23-3)8-6-14)13-20-12-15-11-17(24-4)9-10-19(15)22/h5-12,18,22H,13H2,1-4H3/t18-/m0/s1. The molecule has 0 amide bonds. The van der Waals surface area contributed by atoms with Crippen LogP contribution in [0.2, 0.25) is 0 Å². The monoisotopic (exact) mass is 328 g/mol. The molecule has 0 radical (unpaired) electrons. The SMILES string of the molecule is COc1ccc([C@H](CN=Cc2cc(OC)ccc2O)N(C)C)cc1. The van der Waals surface area contributed by atoms with Crippen LogP contribution >= 0.6 is 0 Å². The van der Waals surface area contributed by atoms with Crippen molar-refractivity contribution in [2.45, 2.75) is 6.04 Å². The first-order chi connectivity index (χ1) is 11.5. The molecule has 1 atom stereocenters. The Bertz CT molecular complexity index is 682. The summed E-state index contributed by atoms with van der Waals surface area (Å²) in [6.07, 6.45) is 1.68. The van der Waals surface area contributed by atoms with Crippen molar-refractivity contribution in [2.24, 2.45) is 4.99 Å². The molecule has 0 aliphatic rings. The topological polar surface area (TPSA) is 54.3 Å². The fourth-order valence-electron chi connectivity index (χ4n) is 2.41.